The highest BCUT2D eigenvalue weighted by Crippen LogP contribution is 2.11. The van der Waals surface area contributed by atoms with E-state index in [9.17, 15) is 14.4 Å². The van der Waals surface area contributed by atoms with Crippen LogP contribution in [0.2, 0.25) is 0 Å². The van der Waals surface area contributed by atoms with Gasteiger partial charge in [-0.1, -0.05) is 63.6 Å². The summed E-state index contributed by atoms with van der Waals surface area (Å²) < 4.78 is 4.42. The number of H-pyrrole nitrogens is 1. The van der Waals surface area contributed by atoms with E-state index in [4.69, 9.17) is 4.89 Å². The maximum absolute atomic E-state index is 12.7. The Hall–Kier alpha value is -3.70. The van der Waals surface area contributed by atoms with Crippen LogP contribution in [0.1, 0.15) is 71.1 Å². The number of hydrogen-bond acceptors (Lipinski definition) is 6. The number of benzene rings is 1. The Kier molecular flexibility index (Phi) is 13.5. The molecule has 0 fully saturated rings. The molecule has 0 saturated heterocycles. The molecule has 2 N–H and O–H groups in total. The number of imidazole rings is 1. The molecule has 0 spiro atoms. The fourth-order valence-corrected chi connectivity index (χ4v) is 4.92. The molecule has 0 saturated carbocycles. The van der Waals surface area contributed by atoms with E-state index in [0.717, 1.165) is 57.8 Å². The highest BCUT2D eigenvalue weighted by atomic mass is 17.2. The van der Waals surface area contributed by atoms with Crippen molar-refractivity contribution in [3.63, 3.8) is 0 Å². The monoisotopic (exact) mass is 582 g/mol. The lowest BCUT2D eigenvalue weighted by molar-refractivity contribution is -0.275. The number of carbonyl (C=O) groups is 1. The maximum atomic E-state index is 12.7. The zero-order valence-electron chi connectivity index (χ0n) is 25.4. The second-order valence-electron chi connectivity index (χ2n) is 10.6. The Labute approximate surface area is 246 Å². The number of aromatic nitrogens is 5. The molecule has 1 amide bonds. The number of hydrogen-bond donors (Lipinski definition) is 2. The van der Waals surface area contributed by atoms with Gasteiger partial charge in [-0.3, -0.25) is 18.7 Å². The number of aryl methyl sites for hydroxylation is 2. The summed E-state index contributed by atoms with van der Waals surface area (Å²) in [5.74, 6) is 0.0623. The Morgan fingerprint density at radius 2 is 1.69 bits per heavy atom. The summed E-state index contributed by atoms with van der Waals surface area (Å²) in [6, 6.07) is 10.3. The van der Waals surface area contributed by atoms with E-state index in [1.807, 2.05) is 25.3 Å². The van der Waals surface area contributed by atoms with E-state index in [2.05, 4.69) is 38.4 Å². The first-order chi connectivity index (χ1) is 20.4. The van der Waals surface area contributed by atoms with E-state index < -0.39 is 0 Å². The smallest absolute Gasteiger partial charge is 0.332 e. The minimum Gasteiger partial charge on any atom is -0.361 e. The first kappa shape index (κ1) is 32.8. The van der Waals surface area contributed by atoms with Crippen LogP contribution in [-0.4, -0.2) is 49.3 Å². The topological polar surface area (TPSA) is 125 Å². The second kappa shape index (κ2) is 17.3. The molecule has 4 rings (SSSR count). The molecule has 3 aromatic heterocycles. The summed E-state index contributed by atoms with van der Waals surface area (Å²) in [5, 5.41) is 4.24. The molecule has 11 nitrogen and oxygen atoms in total. The molecule has 0 aliphatic carbocycles. The standard InChI is InChI=1S/C23H39N5O5.C8H7N/c1-5-18(16-33-32-4)25-19(29)14-12-10-8-6-7-9-11-13-15-28-22(30)20-21(24-17-26(20)2)27(3)23(28)31;1-2-4-8-7(3-1)5-6-9-8/h17-18H,5-16H2,1-4H3,(H,25,29);1-6,9H. The van der Waals surface area contributed by atoms with Crippen LogP contribution in [0, 0.1) is 0 Å². The Morgan fingerprint density at radius 1 is 1.00 bits per heavy atom. The van der Waals surface area contributed by atoms with Gasteiger partial charge in [0.2, 0.25) is 5.91 Å². The predicted octanol–water partition coefficient (Wildman–Crippen LogP) is 4.59. The maximum Gasteiger partial charge on any atom is 0.332 e. The van der Waals surface area contributed by atoms with Crippen molar-refractivity contribution in [2.24, 2.45) is 14.1 Å². The summed E-state index contributed by atoms with van der Waals surface area (Å²) in [6.45, 7) is 2.79. The third kappa shape index (κ3) is 9.42. The van der Waals surface area contributed by atoms with Crippen molar-refractivity contribution in [3.05, 3.63) is 63.7 Å². The molecule has 3 heterocycles. The molecule has 230 valence electrons. The molecule has 42 heavy (non-hydrogen) atoms. The van der Waals surface area contributed by atoms with Gasteiger partial charge < -0.3 is 14.9 Å². The predicted molar refractivity (Wildman–Crippen MR) is 165 cm³/mol. The minimum absolute atomic E-state index is 0.0143. The molecule has 0 aliphatic rings. The molecule has 1 atom stereocenters. The molecule has 0 aliphatic heterocycles. The molecule has 11 heteroatoms. The zero-order chi connectivity index (χ0) is 30.3. The third-order valence-electron chi connectivity index (χ3n) is 7.44. The van der Waals surface area contributed by atoms with Crippen LogP contribution in [0.5, 0.6) is 0 Å². The molecule has 1 unspecified atom stereocenters. The highest BCUT2D eigenvalue weighted by molar-refractivity contribution is 5.78. The van der Waals surface area contributed by atoms with Gasteiger partial charge in [-0.15, -0.1) is 0 Å². The molecular weight excluding hydrogens is 536 g/mol. The third-order valence-corrected chi connectivity index (χ3v) is 7.44. The zero-order valence-corrected chi connectivity index (χ0v) is 25.4. The van der Waals surface area contributed by atoms with E-state index in [0.29, 0.717) is 30.7 Å². The van der Waals surface area contributed by atoms with Crippen LogP contribution in [0.25, 0.3) is 22.1 Å². The van der Waals surface area contributed by atoms with Crippen LogP contribution in [0.15, 0.2) is 52.4 Å². The molecule has 1 aromatic carbocycles. The largest absolute Gasteiger partial charge is 0.361 e. The average Bonchev–Trinajstić information content (AvgIpc) is 3.63. The number of fused-ring (bicyclic) bond motifs is 2. The van der Waals surface area contributed by atoms with Gasteiger partial charge in [-0.2, -0.15) is 0 Å². The lowest BCUT2D eigenvalue weighted by Crippen LogP contribution is -2.39. The fraction of sp³-hybridized carbons (Fsp3) is 0.548. The molecule has 0 bridgehead atoms. The number of amides is 1. The summed E-state index contributed by atoms with van der Waals surface area (Å²) >= 11 is 0. The fourth-order valence-electron chi connectivity index (χ4n) is 4.92. The van der Waals surface area contributed by atoms with Crippen molar-refractivity contribution in [2.45, 2.75) is 83.7 Å². The van der Waals surface area contributed by atoms with E-state index in [-0.39, 0.29) is 23.2 Å². The van der Waals surface area contributed by atoms with Gasteiger partial charge in [0.1, 0.15) is 6.61 Å². The van der Waals surface area contributed by atoms with Gasteiger partial charge >= 0.3 is 5.69 Å². The number of unbranched alkanes of at least 4 members (excludes halogenated alkanes) is 7. The Bertz CT molecular complexity index is 1470. The Morgan fingerprint density at radius 3 is 2.38 bits per heavy atom. The SMILES string of the molecule is CCC(COOC)NC(=O)CCCCCCCCCCn1c(=O)c2c(ncn2C)n(C)c1=O.c1ccc2[nH]ccc2c1. The first-order valence-corrected chi connectivity index (χ1v) is 14.9. The van der Waals surface area contributed by atoms with Crippen molar-refractivity contribution >= 4 is 28.0 Å². The number of para-hydroxylation sites is 1. The van der Waals surface area contributed by atoms with E-state index in [1.165, 1.54) is 27.1 Å². The van der Waals surface area contributed by atoms with Crippen molar-refractivity contribution < 1.29 is 14.6 Å². The number of carbonyl (C=O) groups excluding carboxylic acids is 1. The lowest BCUT2D eigenvalue weighted by Gasteiger charge is -2.15. The van der Waals surface area contributed by atoms with E-state index >= 15 is 0 Å². The van der Waals surface area contributed by atoms with Crippen LogP contribution in [-0.2, 0) is 35.2 Å². The van der Waals surface area contributed by atoms with Gasteiger partial charge in [-0.05, 0) is 36.8 Å². The van der Waals surface area contributed by atoms with Crippen LogP contribution < -0.4 is 16.6 Å². The van der Waals surface area contributed by atoms with Gasteiger partial charge in [0.15, 0.2) is 11.2 Å². The van der Waals surface area contributed by atoms with Crippen molar-refractivity contribution in [1.29, 1.82) is 0 Å². The summed E-state index contributed by atoms with van der Waals surface area (Å²) in [6.07, 6.45) is 13.0. The molecule has 0 radical (unpaired) electrons. The second-order valence-corrected chi connectivity index (χ2v) is 10.6. The number of nitrogens with one attached hydrogen (secondary N) is 2. The quantitative estimate of drug-likeness (QED) is 0.113. The summed E-state index contributed by atoms with van der Waals surface area (Å²) in [7, 11) is 4.87. The van der Waals surface area contributed by atoms with Crippen LogP contribution in [0.3, 0.4) is 0 Å². The van der Waals surface area contributed by atoms with Crippen LogP contribution in [0.4, 0.5) is 0 Å². The highest BCUT2D eigenvalue weighted by Gasteiger charge is 2.14. The minimum atomic E-state index is -0.313. The normalized spacial score (nSPS) is 11.9. The number of rotatable bonds is 16. The van der Waals surface area contributed by atoms with Gasteiger partial charge in [0.05, 0.1) is 19.5 Å². The van der Waals surface area contributed by atoms with E-state index in [1.54, 1.807) is 25.0 Å². The summed E-state index contributed by atoms with van der Waals surface area (Å²) in [5.41, 5.74) is 1.50. The number of aromatic amines is 1. The number of nitrogens with zero attached hydrogens (tertiary/aromatic N) is 4. The van der Waals surface area contributed by atoms with Gasteiger partial charge in [0, 0.05) is 38.8 Å². The van der Waals surface area contributed by atoms with Gasteiger partial charge in [0.25, 0.3) is 5.56 Å². The van der Waals surface area contributed by atoms with Gasteiger partial charge in [-0.25, -0.2) is 19.6 Å². The molecule has 4 aromatic rings. The Balaban J connectivity index is 0.000000449. The van der Waals surface area contributed by atoms with Crippen molar-refractivity contribution in [3.8, 4) is 0 Å². The lowest BCUT2D eigenvalue weighted by atomic mass is 10.1. The van der Waals surface area contributed by atoms with Crippen LogP contribution >= 0.6 is 0 Å². The summed E-state index contributed by atoms with van der Waals surface area (Å²) in [4.78, 5) is 53.9. The van der Waals surface area contributed by atoms with Crippen molar-refractivity contribution in [2.75, 3.05) is 13.7 Å². The first-order valence-electron chi connectivity index (χ1n) is 14.9. The van der Waals surface area contributed by atoms with Crippen molar-refractivity contribution in [1.82, 2.24) is 29.0 Å². The molecular formula is C31H46N6O5. The average molecular weight is 583 g/mol.